The summed E-state index contributed by atoms with van der Waals surface area (Å²) in [6, 6.07) is 6.17. The SMILES string of the molecule is COc1ccc2oc(N(C)C)nc2c1. The summed E-state index contributed by atoms with van der Waals surface area (Å²) < 4.78 is 10.6. The highest BCUT2D eigenvalue weighted by Crippen LogP contribution is 2.24. The number of hydrogen-bond donors (Lipinski definition) is 0. The Balaban J connectivity index is 2.54. The molecule has 0 saturated heterocycles. The molecule has 0 aliphatic carbocycles. The molecule has 0 atom stereocenters. The maximum absolute atomic E-state index is 5.49. The molecule has 0 radical (unpaired) electrons. The third-order valence-corrected chi connectivity index (χ3v) is 1.97. The molecule has 0 fully saturated rings. The van der Waals surface area contributed by atoms with Gasteiger partial charge in [-0.15, -0.1) is 0 Å². The number of oxazole rings is 1. The number of aromatic nitrogens is 1. The van der Waals surface area contributed by atoms with Crippen molar-refractivity contribution in [1.29, 1.82) is 0 Å². The number of rotatable bonds is 2. The van der Waals surface area contributed by atoms with Gasteiger partial charge in [0.05, 0.1) is 7.11 Å². The normalized spacial score (nSPS) is 10.5. The van der Waals surface area contributed by atoms with Gasteiger partial charge in [-0.2, -0.15) is 4.98 Å². The van der Waals surface area contributed by atoms with Crippen molar-refractivity contribution < 1.29 is 9.15 Å². The van der Waals surface area contributed by atoms with E-state index in [-0.39, 0.29) is 0 Å². The van der Waals surface area contributed by atoms with Crippen molar-refractivity contribution in [2.45, 2.75) is 0 Å². The molecule has 1 heterocycles. The molecule has 2 rings (SSSR count). The molecule has 1 aromatic carbocycles. The Bertz CT molecular complexity index is 448. The Morgan fingerprint density at radius 2 is 2.14 bits per heavy atom. The van der Waals surface area contributed by atoms with Crippen LogP contribution in [0, 0.1) is 0 Å². The monoisotopic (exact) mass is 192 g/mol. The standard InChI is InChI=1S/C10H12N2O2/c1-12(2)10-11-8-6-7(13-3)4-5-9(8)14-10/h4-6H,1-3H3. The molecule has 4 nitrogen and oxygen atoms in total. The summed E-state index contributed by atoms with van der Waals surface area (Å²) in [6.07, 6.45) is 0. The van der Waals surface area contributed by atoms with Gasteiger partial charge in [-0.25, -0.2) is 0 Å². The number of hydrogen-bond acceptors (Lipinski definition) is 4. The highest BCUT2D eigenvalue weighted by Gasteiger charge is 2.07. The van der Waals surface area contributed by atoms with Gasteiger partial charge in [-0.3, -0.25) is 0 Å². The first-order valence-corrected chi connectivity index (χ1v) is 4.32. The molecular weight excluding hydrogens is 180 g/mol. The highest BCUT2D eigenvalue weighted by atomic mass is 16.5. The Hall–Kier alpha value is -1.71. The molecule has 0 bridgehead atoms. The molecular formula is C10H12N2O2. The first-order valence-electron chi connectivity index (χ1n) is 4.32. The summed E-state index contributed by atoms with van der Waals surface area (Å²) in [7, 11) is 5.41. The topological polar surface area (TPSA) is 38.5 Å². The fourth-order valence-electron chi connectivity index (χ4n) is 1.21. The van der Waals surface area contributed by atoms with Crippen LogP contribution in [0.25, 0.3) is 11.1 Å². The van der Waals surface area contributed by atoms with Crippen LogP contribution >= 0.6 is 0 Å². The minimum atomic E-state index is 0.605. The zero-order valence-electron chi connectivity index (χ0n) is 8.44. The smallest absolute Gasteiger partial charge is 0.297 e. The second-order valence-corrected chi connectivity index (χ2v) is 3.22. The van der Waals surface area contributed by atoms with Crippen molar-refractivity contribution in [1.82, 2.24) is 4.98 Å². The fourth-order valence-corrected chi connectivity index (χ4v) is 1.21. The second-order valence-electron chi connectivity index (χ2n) is 3.22. The molecule has 2 aromatic rings. The van der Waals surface area contributed by atoms with Crippen molar-refractivity contribution >= 4 is 17.1 Å². The van der Waals surface area contributed by atoms with Crippen LogP contribution in [0.1, 0.15) is 0 Å². The summed E-state index contributed by atoms with van der Waals surface area (Å²) >= 11 is 0. The van der Waals surface area contributed by atoms with Crippen LogP contribution in [0.3, 0.4) is 0 Å². The maximum Gasteiger partial charge on any atom is 0.297 e. The first-order chi connectivity index (χ1) is 6.70. The minimum Gasteiger partial charge on any atom is -0.497 e. The molecule has 0 unspecified atom stereocenters. The van der Waals surface area contributed by atoms with Gasteiger partial charge in [0.1, 0.15) is 11.3 Å². The third kappa shape index (κ3) is 1.39. The lowest BCUT2D eigenvalue weighted by molar-refractivity contribution is 0.415. The zero-order valence-corrected chi connectivity index (χ0v) is 8.44. The molecule has 0 aliphatic rings. The van der Waals surface area contributed by atoms with Crippen LogP contribution in [0.4, 0.5) is 6.01 Å². The van der Waals surface area contributed by atoms with Crippen LogP contribution in [0.5, 0.6) is 5.75 Å². The van der Waals surface area contributed by atoms with E-state index < -0.39 is 0 Å². The molecule has 0 N–H and O–H groups in total. The highest BCUT2D eigenvalue weighted by molar-refractivity contribution is 5.76. The number of anilines is 1. The van der Waals surface area contributed by atoms with Crippen LogP contribution in [-0.2, 0) is 0 Å². The molecule has 0 saturated carbocycles. The van der Waals surface area contributed by atoms with Gasteiger partial charge in [0.15, 0.2) is 5.58 Å². The number of methoxy groups -OCH3 is 1. The van der Waals surface area contributed by atoms with Crippen molar-refractivity contribution in [2.24, 2.45) is 0 Å². The first kappa shape index (κ1) is 8.87. The van der Waals surface area contributed by atoms with E-state index in [1.165, 1.54) is 0 Å². The van der Waals surface area contributed by atoms with Gasteiger partial charge < -0.3 is 14.1 Å². The number of fused-ring (bicyclic) bond motifs is 1. The number of nitrogens with zero attached hydrogens (tertiary/aromatic N) is 2. The van der Waals surface area contributed by atoms with Crippen LogP contribution in [0.2, 0.25) is 0 Å². The van der Waals surface area contributed by atoms with Crippen molar-refractivity contribution in [2.75, 3.05) is 26.1 Å². The summed E-state index contributed by atoms with van der Waals surface area (Å²) in [6.45, 7) is 0. The summed E-state index contributed by atoms with van der Waals surface area (Å²) in [4.78, 5) is 6.13. The Morgan fingerprint density at radius 3 is 2.79 bits per heavy atom. The second kappa shape index (κ2) is 3.21. The largest absolute Gasteiger partial charge is 0.497 e. The van der Waals surface area contributed by atoms with Crippen molar-refractivity contribution in [3.05, 3.63) is 18.2 Å². The van der Waals surface area contributed by atoms with E-state index in [0.29, 0.717) is 6.01 Å². The molecule has 14 heavy (non-hydrogen) atoms. The third-order valence-electron chi connectivity index (χ3n) is 1.97. The lowest BCUT2D eigenvalue weighted by Crippen LogP contribution is -2.08. The van der Waals surface area contributed by atoms with Gasteiger partial charge >= 0.3 is 0 Å². The average Bonchev–Trinajstić information content (AvgIpc) is 2.59. The number of ether oxygens (including phenoxy) is 1. The Morgan fingerprint density at radius 1 is 1.36 bits per heavy atom. The molecule has 0 amide bonds. The summed E-state index contributed by atoms with van der Waals surface area (Å²) in [5, 5.41) is 0. The van der Waals surface area contributed by atoms with Gasteiger partial charge in [0.25, 0.3) is 6.01 Å². The lowest BCUT2D eigenvalue weighted by Gasteiger charge is -2.03. The molecule has 1 aromatic heterocycles. The average molecular weight is 192 g/mol. The quantitative estimate of drug-likeness (QED) is 0.728. The van der Waals surface area contributed by atoms with E-state index in [2.05, 4.69) is 4.98 Å². The predicted octanol–water partition coefficient (Wildman–Crippen LogP) is 1.90. The van der Waals surface area contributed by atoms with E-state index in [4.69, 9.17) is 9.15 Å². The summed E-state index contributed by atoms with van der Waals surface area (Å²) in [5.41, 5.74) is 1.59. The Kier molecular flexibility index (Phi) is 2.04. The molecule has 74 valence electrons. The zero-order chi connectivity index (χ0) is 10.1. The maximum atomic E-state index is 5.49. The van der Waals surface area contributed by atoms with Crippen LogP contribution < -0.4 is 9.64 Å². The van der Waals surface area contributed by atoms with Gasteiger partial charge in [-0.05, 0) is 12.1 Å². The van der Waals surface area contributed by atoms with Gasteiger partial charge in [0.2, 0.25) is 0 Å². The van der Waals surface area contributed by atoms with E-state index in [1.807, 2.05) is 37.2 Å². The molecule has 0 spiro atoms. The fraction of sp³-hybridized carbons (Fsp3) is 0.300. The Labute approximate surface area is 82.1 Å². The van der Waals surface area contributed by atoms with E-state index >= 15 is 0 Å². The van der Waals surface area contributed by atoms with Crippen molar-refractivity contribution in [3.63, 3.8) is 0 Å². The van der Waals surface area contributed by atoms with E-state index in [9.17, 15) is 0 Å². The molecule has 4 heteroatoms. The van der Waals surface area contributed by atoms with Crippen molar-refractivity contribution in [3.8, 4) is 5.75 Å². The van der Waals surface area contributed by atoms with E-state index in [1.54, 1.807) is 7.11 Å². The lowest BCUT2D eigenvalue weighted by atomic mass is 10.3. The van der Waals surface area contributed by atoms with Gasteiger partial charge in [0, 0.05) is 20.2 Å². The van der Waals surface area contributed by atoms with Gasteiger partial charge in [-0.1, -0.05) is 0 Å². The predicted molar refractivity (Wildman–Crippen MR) is 54.9 cm³/mol. The summed E-state index contributed by atoms with van der Waals surface area (Å²) in [5.74, 6) is 0.788. The number of benzene rings is 1. The van der Waals surface area contributed by atoms with Crippen LogP contribution in [-0.4, -0.2) is 26.2 Å². The molecule has 0 aliphatic heterocycles. The minimum absolute atomic E-state index is 0.605. The van der Waals surface area contributed by atoms with Crippen LogP contribution in [0.15, 0.2) is 22.6 Å². The van der Waals surface area contributed by atoms with E-state index in [0.717, 1.165) is 16.8 Å².